The van der Waals surface area contributed by atoms with Crippen LogP contribution in [0.5, 0.6) is 0 Å². The molecule has 0 aliphatic carbocycles. The van der Waals surface area contributed by atoms with Crippen LogP contribution in [0.1, 0.15) is 0 Å². The second kappa shape index (κ2) is 7.33. The summed E-state index contributed by atoms with van der Waals surface area (Å²) in [6.07, 6.45) is 1.72. The van der Waals surface area contributed by atoms with E-state index in [4.69, 9.17) is 9.97 Å². The van der Waals surface area contributed by atoms with Crippen LogP contribution in [0, 0.1) is 10.1 Å². The lowest BCUT2D eigenvalue weighted by Crippen LogP contribution is -1.98. The summed E-state index contributed by atoms with van der Waals surface area (Å²) >= 11 is 2.90. The van der Waals surface area contributed by atoms with Gasteiger partial charge in [-0.3, -0.25) is 10.1 Å². The van der Waals surface area contributed by atoms with Crippen molar-refractivity contribution in [1.82, 2.24) is 19.9 Å². The van der Waals surface area contributed by atoms with Gasteiger partial charge in [-0.1, -0.05) is 24.3 Å². The zero-order valence-electron chi connectivity index (χ0n) is 16.4. The molecule has 9 heteroatoms. The van der Waals surface area contributed by atoms with E-state index in [9.17, 15) is 10.1 Å². The van der Waals surface area contributed by atoms with Gasteiger partial charge in [-0.15, -0.1) is 22.7 Å². The number of hydrogen-bond donors (Lipinski definition) is 1. The number of imidazole rings is 1. The minimum absolute atomic E-state index is 0.0141. The topological polar surface area (TPSA) is 97.6 Å². The van der Waals surface area contributed by atoms with Gasteiger partial charge < -0.3 is 4.98 Å². The van der Waals surface area contributed by atoms with Crippen molar-refractivity contribution in [2.45, 2.75) is 0 Å². The number of thiazole rings is 2. The molecule has 1 N–H and O–H groups in total. The molecule has 0 aliphatic heterocycles. The number of aromatic nitrogens is 4. The minimum atomic E-state index is -0.362. The van der Waals surface area contributed by atoms with Crippen molar-refractivity contribution in [3.63, 3.8) is 0 Å². The van der Waals surface area contributed by atoms with Crippen molar-refractivity contribution >= 4 is 49.6 Å². The fraction of sp³-hybridized carbons (Fsp3) is 0. The number of fused-ring (bicyclic) bond motifs is 2. The summed E-state index contributed by atoms with van der Waals surface area (Å²) < 4.78 is 0.965. The number of nitro groups is 1. The van der Waals surface area contributed by atoms with E-state index in [0.29, 0.717) is 22.0 Å². The molecule has 3 heterocycles. The Hall–Kier alpha value is -3.95. The highest BCUT2D eigenvalue weighted by Crippen LogP contribution is 2.46. The summed E-state index contributed by atoms with van der Waals surface area (Å²) in [6, 6.07) is 18.7. The van der Waals surface area contributed by atoms with Crippen molar-refractivity contribution < 1.29 is 4.92 Å². The highest BCUT2D eigenvalue weighted by atomic mass is 32.1. The van der Waals surface area contributed by atoms with Gasteiger partial charge in [0.1, 0.15) is 15.8 Å². The third kappa shape index (κ3) is 2.98. The Balaban J connectivity index is 1.74. The molecule has 0 radical (unpaired) electrons. The molecule has 0 atom stereocenters. The zero-order chi connectivity index (χ0) is 21.7. The molecule has 6 aromatic rings. The summed E-state index contributed by atoms with van der Waals surface area (Å²) in [5.74, 6) is 0.550. The Labute approximate surface area is 189 Å². The lowest BCUT2D eigenvalue weighted by atomic mass is 9.98. The molecule has 0 bridgehead atoms. The molecule has 6 rings (SSSR count). The van der Waals surface area contributed by atoms with Crippen LogP contribution in [-0.4, -0.2) is 24.9 Å². The van der Waals surface area contributed by atoms with Gasteiger partial charge in [-0.2, -0.15) is 0 Å². The third-order valence-corrected chi connectivity index (χ3v) is 7.04. The van der Waals surface area contributed by atoms with Crippen molar-refractivity contribution in [3.05, 3.63) is 82.4 Å². The van der Waals surface area contributed by atoms with Gasteiger partial charge in [0.2, 0.25) is 0 Å². The lowest BCUT2D eigenvalue weighted by molar-refractivity contribution is -0.384. The maximum atomic E-state index is 12.1. The van der Waals surface area contributed by atoms with Crippen LogP contribution in [-0.2, 0) is 0 Å². The first kappa shape index (κ1) is 18.8. The van der Waals surface area contributed by atoms with E-state index in [1.807, 2.05) is 53.9 Å². The number of para-hydroxylation sites is 3. The summed E-state index contributed by atoms with van der Waals surface area (Å²) in [4.78, 5) is 29.1. The van der Waals surface area contributed by atoms with Crippen LogP contribution in [0.25, 0.3) is 53.8 Å². The Bertz CT molecular complexity index is 1550. The van der Waals surface area contributed by atoms with Crippen molar-refractivity contribution in [3.8, 4) is 32.5 Å². The summed E-state index contributed by atoms with van der Waals surface area (Å²) in [7, 11) is 0. The van der Waals surface area contributed by atoms with Crippen LogP contribution < -0.4 is 0 Å². The normalized spacial score (nSPS) is 11.4. The molecule has 0 fully saturated rings. The SMILES string of the molecule is O=[N+]([O-])c1ccc(-c2nccs2)c(-c2nc3ccccc3[nH]2)c1-c1nc2ccccc2s1. The molecule has 0 unspecified atom stereocenters. The van der Waals surface area contributed by atoms with Gasteiger partial charge in [0.25, 0.3) is 5.69 Å². The Morgan fingerprint density at radius 2 is 1.69 bits per heavy atom. The predicted octanol–water partition coefficient (Wildman–Crippen LogP) is 6.54. The van der Waals surface area contributed by atoms with E-state index in [2.05, 4.69) is 9.97 Å². The van der Waals surface area contributed by atoms with Gasteiger partial charge >= 0.3 is 0 Å². The third-order valence-electron chi connectivity index (χ3n) is 5.18. The molecule has 0 saturated heterocycles. The maximum absolute atomic E-state index is 12.1. The highest BCUT2D eigenvalue weighted by molar-refractivity contribution is 7.21. The first-order valence-electron chi connectivity index (χ1n) is 9.71. The quantitative estimate of drug-likeness (QED) is 0.240. The van der Waals surface area contributed by atoms with Crippen LogP contribution in [0.3, 0.4) is 0 Å². The molecule has 3 aromatic heterocycles. The number of rotatable bonds is 4. The first-order valence-corrected chi connectivity index (χ1v) is 11.4. The van der Waals surface area contributed by atoms with Gasteiger partial charge in [-0.25, -0.2) is 15.0 Å². The number of nitrogens with one attached hydrogen (secondary N) is 1. The van der Waals surface area contributed by atoms with E-state index in [-0.39, 0.29) is 10.6 Å². The molecule has 3 aromatic carbocycles. The van der Waals surface area contributed by atoms with Crippen LogP contribution in [0.15, 0.2) is 72.2 Å². The smallest absolute Gasteiger partial charge is 0.280 e. The molecule has 7 nitrogen and oxygen atoms in total. The van der Waals surface area contributed by atoms with Gasteiger partial charge in [0, 0.05) is 28.8 Å². The number of nitrogens with zero attached hydrogens (tertiary/aromatic N) is 4. The van der Waals surface area contributed by atoms with Crippen LogP contribution in [0.4, 0.5) is 5.69 Å². The first-order chi connectivity index (χ1) is 15.7. The molecule has 0 aliphatic rings. The second-order valence-corrected chi connectivity index (χ2v) is 8.99. The number of H-pyrrole nitrogens is 1. The molecule has 0 amide bonds. The highest BCUT2D eigenvalue weighted by Gasteiger charge is 2.28. The van der Waals surface area contributed by atoms with E-state index in [1.54, 1.807) is 12.3 Å². The summed E-state index contributed by atoms with van der Waals surface area (Å²) in [5.41, 5.74) is 4.28. The molecule has 32 heavy (non-hydrogen) atoms. The Morgan fingerprint density at radius 3 is 2.44 bits per heavy atom. The van der Waals surface area contributed by atoms with Crippen LogP contribution in [0.2, 0.25) is 0 Å². The average molecular weight is 456 g/mol. The maximum Gasteiger partial charge on any atom is 0.280 e. The fourth-order valence-electron chi connectivity index (χ4n) is 3.79. The number of hydrogen-bond acceptors (Lipinski definition) is 7. The monoisotopic (exact) mass is 455 g/mol. The molecule has 154 valence electrons. The van der Waals surface area contributed by atoms with E-state index >= 15 is 0 Å². The molecule has 0 saturated carbocycles. The van der Waals surface area contributed by atoms with E-state index in [1.165, 1.54) is 28.7 Å². The zero-order valence-corrected chi connectivity index (χ0v) is 18.0. The van der Waals surface area contributed by atoms with Crippen molar-refractivity contribution in [2.24, 2.45) is 0 Å². The number of nitro benzene ring substituents is 1. The number of benzene rings is 3. The standard InChI is InChI=1S/C23H13N5O2S2/c29-28(30)17-10-9-13(22-24-11-12-31-22)19(21-25-14-5-1-2-6-15(14)26-21)20(17)23-27-16-7-3-4-8-18(16)32-23/h1-12H,(H,25,26). The summed E-state index contributed by atoms with van der Waals surface area (Å²) in [5, 5.41) is 15.3. The van der Waals surface area contributed by atoms with Gasteiger partial charge in [0.05, 0.1) is 31.7 Å². The van der Waals surface area contributed by atoms with Gasteiger partial charge in [0.15, 0.2) is 0 Å². The lowest BCUT2D eigenvalue weighted by Gasteiger charge is -2.11. The van der Waals surface area contributed by atoms with Crippen molar-refractivity contribution in [2.75, 3.05) is 0 Å². The van der Waals surface area contributed by atoms with Crippen molar-refractivity contribution in [1.29, 1.82) is 0 Å². The summed E-state index contributed by atoms with van der Waals surface area (Å²) in [6.45, 7) is 0. The molecular formula is C23H13N5O2S2. The average Bonchev–Trinajstić information content (AvgIpc) is 3.56. The number of aromatic amines is 1. The minimum Gasteiger partial charge on any atom is -0.338 e. The Kier molecular flexibility index (Phi) is 4.30. The van der Waals surface area contributed by atoms with Crippen LogP contribution >= 0.6 is 22.7 Å². The largest absolute Gasteiger partial charge is 0.338 e. The predicted molar refractivity (Wildman–Crippen MR) is 128 cm³/mol. The van der Waals surface area contributed by atoms with E-state index < -0.39 is 0 Å². The van der Waals surface area contributed by atoms with Gasteiger partial charge in [-0.05, 0) is 30.3 Å². The second-order valence-electron chi connectivity index (χ2n) is 7.07. The van der Waals surface area contributed by atoms with E-state index in [0.717, 1.165) is 31.8 Å². The molecule has 0 spiro atoms. The Morgan fingerprint density at radius 1 is 0.875 bits per heavy atom. The molecular weight excluding hydrogens is 442 g/mol. The fourth-order valence-corrected chi connectivity index (χ4v) is 5.49.